The molecule has 0 aromatic carbocycles. The molecular weight excluding hydrogens is 176 g/mol. The minimum absolute atomic E-state index is 0.184. The van der Waals surface area contributed by atoms with Crippen LogP contribution in [0.3, 0.4) is 0 Å². The molecule has 0 spiro atoms. The van der Waals surface area contributed by atoms with Crippen molar-refractivity contribution in [2.75, 3.05) is 6.61 Å². The van der Waals surface area contributed by atoms with Crippen molar-refractivity contribution in [2.45, 2.75) is 6.92 Å². The number of hydrogen-bond acceptors (Lipinski definition) is 5. The topological polar surface area (TPSA) is 54.2 Å². The lowest BCUT2D eigenvalue weighted by Crippen LogP contribution is -2.01. The van der Waals surface area contributed by atoms with Crippen molar-refractivity contribution in [2.24, 2.45) is 10.1 Å². The van der Waals surface area contributed by atoms with Gasteiger partial charge in [0.2, 0.25) is 0 Å². The second kappa shape index (κ2) is 4.82. The van der Waals surface area contributed by atoms with Gasteiger partial charge in [0.05, 0.1) is 23.6 Å². The molecule has 1 rings (SSSR count). The first-order valence-electron chi connectivity index (χ1n) is 3.44. The van der Waals surface area contributed by atoms with E-state index < -0.39 is 0 Å². The summed E-state index contributed by atoms with van der Waals surface area (Å²) in [7, 11) is 0. The van der Waals surface area contributed by atoms with Gasteiger partial charge in [0.25, 0.3) is 5.90 Å². The Labute approximate surface area is 75.0 Å². The molecule has 1 aliphatic rings. The number of oxime groups is 1. The van der Waals surface area contributed by atoms with Crippen molar-refractivity contribution in [1.29, 1.82) is 0 Å². The molecule has 0 fully saturated rings. The molecule has 0 amide bonds. The molecule has 12 heavy (non-hydrogen) atoms. The van der Waals surface area contributed by atoms with Gasteiger partial charge in [-0.25, -0.2) is 0 Å². The van der Waals surface area contributed by atoms with E-state index in [4.69, 9.17) is 9.94 Å². The van der Waals surface area contributed by atoms with E-state index in [1.165, 1.54) is 11.8 Å². The SMILES string of the molecule is CCOC(C=C1[CH]SC=N1)=NO. The maximum atomic E-state index is 8.46. The van der Waals surface area contributed by atoms with E-state index in [9.17, 15) is 0 Å². The van der Waals surface area contributed by atoms with Gasteiger partial charge >= 0.3 is 0 Å². The van der Waals surface area contributed by atoms with Gasteiger partial charge in [-0.05, 0) is 12.1 Å². The maximum Gasteiger partial charge on any atom is 0.251 e. The van der Waals surface area contributed by atoms with Gasteiger partial charge in [-0.3, -0.25) is 4.99 Å². The van der Waals surface area contributed by atoms with Crippen LogP contribution in [0.1, 0.15) is 6.92 Å². The summed E-state index contributed by atoms with van der Waals surface area (Å²) in [4.78, 5) is 3.98. The van der Waals surface area contributed by atoms with E-state index in [1.54, 1.807) is 11.6 Å². The number of hydrogen-bond donors (Lipinski definition) is 1. The zero-order valence-corrected chi connectivity index (χ0v) is 7.41. The van der Waals surface area contributed by atoms with Gasteiger partial charge in [0.1, 0.15) is 0 Å². The molecule has 1 aliphatic heterocycles. The molecular formula is C7H9N2O2S. The van der Waals surface area contributed by atoms with E-state index in [-0.39, 0.29) is 5.90 Å². The highest BCUT2D eigenvalue weighted by Crippen LogP contribution is 2.19. The van der Waals surface area contributed by atoms with Gasteiger partial charge in [-0.1, -0.05) is 0 Å². The summed E-state index contributed by atoms with van der Waals surface area (Å²) < 4.78 is 4.97. The Morgan fingerprint density at radius 1 is 1.92 bits per heavy atom. The van der Waals surface area contributed by atoms with Crippen LogP contribution in [-0.4, -0.2) is 23.3 Å². The molecule has 0 saturated carbocycles. The van der Waals surface area contributed by atoms with E-state index in [0.717, 1.165) is 5.70 Å². The Balaban J connectivity index is 2.56. The third-order valence-electron chi connectivity index (χ3n) is 1.11. The average Bonchev–Trinajstić information content (AvgIpc) is 2.56. The summed E-state index contributed by atoms with van der Waals surface area (Å²) in [5.74, 6) is 2.02. The van der Waals surface area contributed by atoms with Gasteiger partial charge in [0.15, 0.2) is 0 Å². The fraction of sp³-hybridized carbons (Fsp3) is 0.286. The Morgan fingerprint density at radius 3 is 3.25 bits per heavy atom. The molecule has 0 aromatic rings. The lowest BCUT2D eigenvalue weighted by atomic mass is 10.4. The Kier molecular flexibility index (Phi) is 3.66. The number of thioether (sulfide) groups is 1. The molecule has 65 valence electrons. The molecule has 0 saturated heterocycles. The Bertz CT molecular complexity index is 236. The number of ether oxygens (including phenoxy) is 1. The monoisotopic (exact) mass is 185 g/mol. The summed E-state index contributed by atoms with van der Waals surface area (Å²) in [6, 6.07) is 0. The van der Waals surface area contributed by atoms with Crippen LogP contribution in [0.15, 0.2) is 21.9 Å². The van der Waals surface area contributed by atoms with Crippen molar-refractivity contribution in [3.05, 3.63) is 17.5 Å². The third kappa shape index (κ3) is 2.58. The highest BCUT2D eigenvalue weighted by molar-refractivity contribution is 8.14. The molecule has 0 unspecified atom stereocenters. The predicted octanol–water partition coefficient (Wildman–Crippen LogP) is 1.63. The largest absolute Gasteiger partial charge is 0.476 e. The number of rotatable bonds is 2. The first-order chi connectivity index (χ1) is 5.86. The summed E-state index contributed by atoms with van der Waals surface area (Å²) in [6.45, 7) is 2.29. The Hall–Kier alpha value is -0.970. The fourth-order valence-electron chi connectivity index (χ4n) is 0.667. The van der Waals surface area contributed by atoms with Crippen LogP contribution in [-0.2, 0) is 4.74 Å². The van der Waals surface area contributed by atoms with E-state index in [2.05, 4.69) is 10.1 Å². The van der Waals surface area contributed by atoms with Gasteiger partial charge < -0.3 is 9.94 Å². The predicted molar refractivity (Wildman–Crippen MR) is 49.3 cm³/mol. The van der Waals surface area contributed by atoms with Crippen molar-refractivity contribution >= 4 is 23.2 Å². The summed E-state index contributed by atoms with van der Waals surface area (Å²) in [5, 5.41) is 11.4. The minimum atomic E-state index is 0.184. The summed E-state index contributed by atoms with van der Waals surface area (Å²) in [5.41, 5.74) is 2.44. The zero-order valence-electron chi connectivity index (χ0n) is 6.60. The van der Waals surface area contributed by atoms with Crippen LogP contribution in [0.4, 0.5) is 0 Å². The molecule has 0 aromatic heterocycles. The Morgan fingerprint density at radius 2 is 2.75 bits per heavy atom. The smallest absolute Gasteiger partial charge is 0.251 e. The van der Waals surface area contributed by atoms with Crippen LogP contribution < -0.4 is 0 Å². The average molecular weight is 185 g/mol. The van der Waals surface area contributed by atoms with Crippen molar-refractivity contribution in [3.8, 4) is 0 Å². The standard InChI is InChI=1S/C7H9N2O2S/c1-2-11-7(9-10)3-6-4-12-5-8-6/h3-5,10H,2H2,1H3. The number of aliphatic imine (C=N–C) groups is 1. The normalized spacial score (nSPS) is 20.4. The molecule has 5 heteroatoms. The summed E-state index contributed by atoms with van der Waals surface area (Å²) in [6.07, 6.45) is 1.57. The van der Waals surface area contributed by atoms with Gasteiger partial charge in [0, 0.05) is 6.08 Å². The van der Waals surface area contributed by atoms with E-state index in [0.29, 0.717) is 6.61 Å². The maximum absolute atomic E-state index is 8.46. The first-order valence-corrected chi connectivity index (χ1v) is 4.39. The van der Waals surface area contributed by atoms with Crippen LogP contribution >= 0.6 is 11.8 Å². The lowest BCUT2D eigenvalue weighted by molar-refractivity contribution is 0.267. The van der Waals surface area contributed by atoms with Crippen LogP contribution in [0.5, 0.6) is 0 Å². The van der Waals surface area contributed by atoms with Crippen molar-refractivity contribution in [3.63, 3.8) is 0 Å². The molecule has 1 N–H and O–H groups in total. The number of nitrogens with zero attached hydrogens (tertiary/aromatic N) is 2. The minimum Gasteiger partial charge on any atom is -0.476 e. The summed E-state index contributed by atoms with van der Waals surface area (Å²) >= 11 is 1.48. The van der Waals surface area contributed by atoms with Crippen molar-refractivity contribution < 1.29 is 9.94 Å². The molecule has 1 radical (unpaired) electrons. The highest BCUT2D eigenvalue weighted by Gasteiger charge is 2.04. The molecule has 0 atom stereocenters. The van der Waals surface area contributed by atoms with Crippen molar-refractivity contribution in [1.82, 2.24) is 0 Å². The quantitative estimate of drug-likeness (QED) is 0.308. The molecule has 0 bridgehead atoms. The van der Waals surface area contributed by atoms with Crippen LogP contribution in [0, 0.1) is 5.75 Å². The molecule has 4 nitrogen and oxygen atoms in total. The van der Waals surface area contributed by atoms with Gasteiger partial charge in [-0.15, -0.1) is 11.8 Å². The second-order valence-corrected chi connectivity index (χ2v) is 2.65. The van der Waals surface area contributed by atoms with E-state index >= 15 is 0 Å². The lowest BCUT2D eigenvalue weighted by Gasteiger charge is -1.99. The molecule has 1 heterocycles. The highest BCUT2D eigenvalue weighted by atomic mass is 32.2. The molecule has 0 aliphatic carbocycles. The third-order valence-corrected chi connectivity index (χ3v) is 1.72. The van der Waals surface area contributed by atoms with E-state index in [1.807, 2.05) is 12.7 Å². The van der Waals surface area contributed by atoms with Crippen LogP contribution in [0.25, 0.3) is 0 Å². The van der Waals surface area contributed by atoms with Crippen LogP contribution in [0.2, 0.25) is 0 Å². The fourth-order valence-corrected chi connectivity index (χ4v) is 1.18. The zero-order chi connectivity index (χ0) is 8.81. The van der Waals surface area contributed by atoms with Gasteiger partial charge in [-0.2, -0.15) is 0 Å². The second-order valence-electron chi connectivity index (χ2n) is 1.93. The first kappa shape index (κ1) is 9.12.